The molecule has 0 bridgehead atoms. The van der Waals surface area contributed by atoms with Crippen LogP contribution in [0.2, 0.25) is 0 Å². The van der Waals surface area contributed by atoms with Crippen molar-refractivity contribution < 1.29 is 27.6 Å². The standard InChI is InChI=1S/C19H22F3N3O3/c20-19(21,22)14-6-3-5-13(11-14)12-23-15(26)7-4-10-25-16(27)18(24-17(25)28)8-1-2-9-18/h3,5-6,11H,1-2,4,7-10,12H2,(H,23,26)(H,24,28). The predicted molar refractivity (Wildman–Crippen MR) is 94.0 cm³/mol. The van der Waals surface area contributed by atoms with Crippen molar-refractivity contribution >= 4 is 17.8 Å². The lowest BCUT2D eigenvalue weighted by atomic mass is 9.98. The molecule has 1 saturated carbocycles. The minimum Gasteiger partial charge on any atom is -0.352 e. The smallest absolute Gasteiger partial charge is 0.352 e. The topological polar surface area (TPSA) is 78.5 Å². The largest absolute Gasteiger partial charge is 0.416 e. The number of carbonyl (C=O) groups is 3. The summed E-state index contributed by atoms with van der Waals surface area (Å²) in [5.74, 6) is -0.570. The summed E-state index contributed by atoms with van der Waals surface area (Å²) in [5.41, 5.74) is -1.18. The van der Waals surface area contributed by atoms with Crippen molar-refractivity contribution in [2.45, 2.75) is 56.8 Å². The normalized spacial score (nSPS) is 18.6. The fourth-order valence-electron chi connectivity index (χ4n) is 3.74. The second kappa shape index (κ2) is 7.81. The summed E-state index contributed by atoms with van der Waals surface area (Å²) in [4.78, 5) is 37.6. The van der Waals surface area contributed by atoms with Crippen LogP contribution in [0.25, 0.3) is 0 Å². The van der Waals surface area contributed by atoms with E-state index in [1.165, 1.54) is 12.1 Å². The van der Waals surface area contributed by atoms with Gasteiger partial charge >= 0.3 is 12.2 Å². The Hall–Kier alpha value is -2.58. The van der Waals surface area contributed by atoms with Crippen molar-refractivity contribution in [2.75, 3.05) is 6.54 Å². The highest BCUT2D eigenvalue weighted by atomic mass is 19.4. The number of rotatable bonds is 6. The molecule has 4 amide bonds. The zero-order chi connectivity index (χ0) is 20.4. The van der Waals surface area contributed by atoms with Crippen LogP contribution in [0.4, 0.5) is 18.0 Å². The van der Waals surface area contributed by atoms with Crippen LogP contribution in [0.15, 0.2) is 24.3 Å². The van der Waals surface area contributed by atoms with Crippen molar-refractivity contribution in [1.29, 1.82) is 0 Å². The van der Waals surface area contributed by atoms with Crippen LogP contribution < -0.4 is 10.6 Å². The molecule has 1 aromatic rings. The SMILES string of the molecule is O=C(CCCN1C(=O)NC2(CCCC2)C1=O)NCc1cccc(C(F)(F)F)c1. The molecular formula is C19H22F3N3O3. The summed E-state index contributed by atoms with van der Waals surface area (Å²) >= 11 is 0. The maximum Gasteiger partial charge on any atom is 0.416 e. The lowest BCUT2D eigenvalue weighted by Gasteiger charge is -2.19. The average molecular weight is 397 g/mol. The summed E-state index contributed by atoms with van der Waals surface area (Å²) < 4.78 is 38.1. The van der Waals surface area contributed by atoms with E-state index in [0.717, 1.165) is 29.9 Å². The molecular weight excluding hydrogens is 375 g/mol. The van der Waals surface area contributed by atoms with Crippen molar-refractivity contribution in [2.24, 2.45) is 0 Å². The van der Waals surface area contributed by atoms with Gasteiger partial charge in [0.15, 0.2) is 0 Å². The van der Waals surface area contributed by atoms with Gasteiger partial charge in [-0.2, -0.15) is 13.2 Å². The molecule has 1 aromatic carbocycles. The number of benzene rings is 1. The van der Waals surface area contributed by atoms with Gasteiger partial charge in [-0.3, -0.25) is 14.5 Å². The number of alkyl halides is 3. The van der Waals surface area contributed by atoms with E-state index in [1.54, 1.807) is 0 Å². The summed E-state index contributed by atoms with van der Waals surface area (Å²) in [6.45, 7) is 0.123. The number of hydrogen-bond donors (Lipinski definition) is 2. The summed E-state index contributed by atoms with van der Waals surface area (Å²) in [5, 5.41) is 5.34. The Kier molecular flexibility index (Phi) is 5.62. The van der Waals surface area contributed by atoms with Crippen LogP contribution in [0.3, 0.4) is 0 Å². The van der Waals surface area contributed by atoms with Gasteiger partial charge in [-0.15, -0.1) is 0 Å². The Balaban J connectivity index is 1.44. The van der Waals surface area contributed by atoms with Crippen LogP contribution in [0.1, 0.15) is 49.7 Å². The zero-order valence-electron chi connectivity index (χ0n) is 15.3. The number of halogens is 3. The van der Waals surface area contributed by atoms with Crippen LogP contribution in [-0.4, -0.2) is 34.8 Å². The number of imide groups is 1. The number of nitrogens with one attached hydrogen (secondary N) is 2. The van der Waals surface area contributed by atoms with Crippen LogP contribution in [0.5, 0.6) is 0 Å². The molecule has 3 rings (SSSR count). The van der Waals surface area contributed by atoms with Gasteiger partial charge in [0.05, 0.1) is 5.56 Å². The highest BCUT2D eigenvalue weighted by Crippen LogP contribution is 2.35. The molecule has 152 valence electrons. The van der Waals surface area contributed by atoms with Crippen LogP contribution >= 0.6 is 0 Å². The van der Waals surface area contributed by atoms with Gasteiger partial charge in [0.2, 0.25) is 5.91 Å². The van der Waals surface area contributed by atoms with E-state index >= 15 is 0 Å². The van der Waals surface area contributed by atoms with Crippen molar-refractivity contribution in [3.05, 3.63) is 35.4 Å². The first kappa shape index (κ1) is 20.2. The highest BCUT2D eigenvalue weighted by molar-refractivity contribution is 6.07. The number of carbonyl (C=O) groups excluding carboxylic acids is 3. The van der Waals surface area contributed by atoms with Crippen LogP contribution in [0, 0.1) is 0 Å². The van der Waals surface area contributed by atoms with Crippen molar-refractivity contribution in [1.82, 2.24) is 15.5 Å². The van der Waals surface area contributed by atoms with Crippen LogP contribution in [-0.2, 0) is 22.3 Å². The third-order valence-electron chi connectivity index (χ3n) is 5.23. The van der Waals surface area contributed by atoms with E-state index < -0.39 is 23.3 Å². The lowest BCUT2D eigenvalue weighted by molar-refractivity contribution is -0.137. The number of urea groups is 1. The maximum absolute atomic E-state index is 12.7. The third-order valence-corrected chi connectivity index (χ3v) is 5.23. The maximum atomic E-state index is 12.7. The van der Waals surface area contributed by atoms with E-state index in [0.29, 0.717) is 24.8 Å². The van der Waals surface area contributed by atoms with Gasteiger partial charge in [0.25, 0.3) is 5.91 Å². The summed E-state index contributed by atoms with van der Waals surface area (Å²) in [6.07, 6.45) is -0.973. The van der Waals surface area contributed by atoms with E-state index in [2.05, 4.69) is 10.6 Å². The van der Waals surface area contributed by atoms with Gasteiger partial charge in [0, 0.05) is 19.5 Å². The molecule has 0 atom stereocenters. The summed E-state index contributed by atoms with van der Waals surface area (Å²) in [6, 6.07) is 4.34. The fourth-order valence-corrected chi connectivity index (χ4v) is 3.74. The Morgan fingerprint density at radius 3 is 2.61 bits per heavy atom. The lowest BCUT2D eigenvalue weighted by Crippen LogP contribution is -2.44. The quantitative estimate of drug-likeness (QED) is 0.725. The molecule has 2 fully saturated rings. The second-order valence-corrected chi connectivity index (χ2v) is 7.25. The third kappa shape index (κ3) is 4.28. The molecule has 0 radical (unpaired) electrons. The Labute approximate surface area is 160 Å². The molecule has 1 saturated heterocycles. The number of hydrogen-bond acceptors (Lipinski definition) is 3. The Morgan fingerprint density at radius 2 is 1.93 bits per heavy atom. The molecule has 2 N–H and O–H groups in total. The molecule has 0 unspecified atom stereocenters. The number of amides is 4. The van der Waals surface area contributed by atoms with E-state index in [4.69, 9.17) is 0 Å². The molecule has 2 aliphatic rings. The molecule has 28 heavy (non-hydrogen) atoms. The Morgan fingerprint density at radius 1 is 1.21 bits per heavy atom. The van der Waals surface area contributed by atoms with Gasteiger partial charge in [0.1, 0.15) is 5.54 Å². The van der Waals surface area contributed by atoms with Gasteiger partial charge < -0.3 is 10.6 Å². The minimum absolute atomic E-state index is 0.0189. The zero-order valence-corrected chi connectivity index (χ0v) is 15.3. The first-order valence-electron chi connectivity index (χ1n) is 9.28. The molecule has 1 heterocycles. The average Bonchev–Trinajstić information content (AvgIpc) is 3.20. The molecule has 9 heteroatoms. The Bertz CT molecular complexity index is 773. The highest BCUT2D eigenvalue weighted by Gasteiger charge is 2.52. The molecule has 1 aliphatic heterocycles. The first-order chi connectivity index (χ1) is 13.2. The fraction of sp³-hybridized carbons (Fsp3) is 0.526. The first-order valence-corrected chi connectivity index (χ1v) is 9.28. The van der Waals surface area contributed by atoms with E-state index in [1.807, 2.05) is 0 Å². The molecule has 6 nitrogen and oxygen atoms in total. The van der Waals surface area contributed by atoms with Gasteiger partial charge in [-0.25, -0.2) is 4.79 Å². The van der Waals surface area contributed by atoms with Crippen molar-refractivity contribution in [3.63, 3.8) is 0 Å². The summed E-state index contributed by atoms with van der Waals surface area (Å²) in [7, 11) is 0. The van der Waals surface area contributed by atoms with Crippen molar-refractivity contribution in [3.8, 4) is 0 Å². The number of nitrogens with zero attached hydrogens (tertiary/aromatic N) is 1. The molecule has 0 aromatic heterocycles. The van der Waals surface area contributed by atoms with E-state index in [-0.39, 0.29) is 31.3 Å². The minimum atomic E-state index is -4.43. The molecule has 1 aliphatic carbocycles. The second-order valence-electron chi connectivity index (χ2n) is 7.25. The van der Waals surface area contributed by atoms with E-state index in [9.17, 15) is 27.6 Å². The monoisotopic (exact) mass is 397 g/mol. The van der Waals surface area contributed by atoms with Gasteiger partial charge in [-0.05, 0) is 37.0 Å². The predicted octanol–water partition coefficient (Wildman–Crippen LogP) is 2.97. The molecule has 1 spiro atoms. The van der Waals surface area contributed by atoms with Gasteiger partial charge in [-0.1, -0.05) is 25.0 Å².